The highest BCUT2D eigenvalue weighted by Crippen LogP contribution is 2.31. The maximum Gasteiger partial charge on any atom is 0.274 e. The van der Waals surface area contributed by atoms with E-state index in [1.807, 2.05) is 6.07 Å². The Labute approximate surface area is 169 Å². The van der Waals surface area contributed by atoms with Gasteiger partial charge in [0.2, 0.25) is 0 Å². The second kappa shape index (κ2) is 7.62. The molecule has 4 nitrogen and oxygen atoms in total. The largest absolute Gasteiger partial charge is 0.467 e. The molecule has 1 aliphatic heterocycles. The number of rotatable bonds is 3. The Kier molecular flexibility index (Phi) is 5.21. The van der Waals surface area contributed by atoms with Crippen molar-refractivity contribution in [3.8, 4) is 5.19 Å². The molecule has 3 aromatic rings. The fourth-order valence-electron chi connectivity index (χ4n) is 3.12. The lowest BCUT2D eigenvalue weighted by atomic mass is 10.1. The molecule has 1 aliphatic rings. The minimum atomic E-state index is -0.348. The van der Waals surface area contributed by atoms with Crippen molar-refractivity contribution in [2.75, 3.05) is 13.1 Å². The number of hydrogen-bond donors (Lipinski definition) is 0. The molecule has 1 amide bonds. The van der Waals surface area contributed by atoms with E-state index < -0.39 is 0 Å². The van der Waals surface area contributed by atoms with Crippen molar-refractivity contribution in [2.45, 2.75) is 18.9 Å². The summed E-state index contributed by atoms with van der Waals surface area (Å²) in [7, 11) is 0. The summed E-state index contributed by atoms with van der Waals surface area (Å²) in [6.45, 7) is 1.12. The second-order valence-corrected chi connectivity index (χ2v) is 8.20. The number of carbonyl (C=O) groups is 1. The first-order valence-corrected chi connectivity index (χ1v) is 10.0. The summed E-state index contributed by atoms with van der Waals surface area (Å²) in [4.78, 5) is 18.6. The number of hydrogen-bond acceptors (Lipinski definition) is 4. The number of fused-ring (bicyclic) bond motifs is 1. The number of thiazole rings is 1. The molecule has 4 rings (SSSR count). The molecule has 1 fully saturated rings. The number of piperidine rings is 1. The highest BCUT2D eigenvalue weighted by atomic mass is 35.5. The van der Waals surface area contributed by atoms with Gasteiger partial charge in [0.15, 0.2) is 0 Å². The number of ether oxygens (including phenoxy) is 1. The van der Waals surface area contributed by atoms with Crippen molar-refractivity contribution in [1.82, 2.24) is 9.88 Å². The molecule has 1 aromatic heterocycles. The van der Waals surface area contributed by atoms with Gasteiger partial charge in [-0.3, -0.25) is 4.79 Å². The summed E-state index contributed by atoms with van der Waals surface area (Å²) in [5.74, 6) is -0.445. The van der Waals surface area contributed by atoms with E-state index >= 15 is 0 Å². The molecule has 140 valence electrons. The molecule has 0 N–H and O–H groups in total. The molecule has 0 bridgehead atoms. The number of benzene rings is 2. The molecule has 1 saturated heterocycles. The molecule has 8 heteroatoms. The van der Waals surface area contributed by atoms with Crippen LogP contribution >= 0.6 is 34.5 Å². The van der Waals surface area contributed by atoms with E-state index in [9.17, 15) is 9.18 Å². The van der Waals surface area contributed by atoms with Crippen LogP contribution in [0.4, 0.5) is 4.39 Å². The van der Waals surface area contributed by atoms with Gasteiger partial charge in [-0.05, 0) is 30.3 Å². The van der Waals surface area contributed by atoms with Crippen LogP contribution in [0.1, 0.15) is 23.2 Å². The molecule has 0 aliphatic carbocycles. The normalized spacial score (nSPS) is 15.3. The smallest absolute Gasteiger partial charge is 0.274 e. The number of para-hydroxylation sites is 1. The van der Waals surface area contributed by atoms with E-state index in [4.69, 9.17) is 27.9 Å². The average molecular weight is 425 g/mol. The monoisotopic (exact) mass is 424 g/mol. The zero-order valence-electron chi connectivity index (χ0n) is 14.1. The predicted molar refractivity (Wildman–Crippen MR) is 106 cm³/mol. The minimum absolute atomic E-state index is 0.0550. The fourth-order valence-corrected chi connectivity index (χ4v) is 4.55. The van der Waals surface area contributed by atoms with Crippen LogP contribution in [0.3, 0.4) is 0 Å². The van der Waals surface area contributed by atoms with Gasteiger partial charge in [-0.1, -0.05) is 40.6 Å². The Hall–Kier alpha value is -1.89. The third-order valence-electron chi connectivity index (χ3n) is 4.46. The Balaban J connectivity index is 1.39. The molecule has 0 atom stereocenters. The standard InChI is InChI=1S/C19H15Cl2FN2O2S/c20-12-8-11(9-13(21)10-12)18(25)24-6-4-14(5-7-24)26-19-23-17-15(22)2-1-3-16(17)27-19/h1-3,8-10,14H,4-7H2. The van der Waals surface area contributed by atoms with Crippen molar-refractivity contribution in [3.63, 3.8) is 0 Å². The Bertz CT molecular complexity index is 982. The third-order valence-corrected chi connectivity index (χ3v) is 5.80. The van der Waals surface area contributed by atoms with Gasteiger partial charge >= 0.3 is 0 Å². The lowest BCUT2D eigenvalue weighted by Crippen LogP contribution is -2.41. The molecule has 0 unspecified atom stereocenters. The lowest BCUT2D eigenvalue weighted by molar-refractivity contribution is 0.0595. The minimum Gasteiger partial charge on any atom is -0.467 e. The van der Waals surface area contributed by atoms with Crippen molar-refractivity contribution in [2.24, 2.45) is 0 Å². The van der Waals surface area contributed by atoms with Crippen LogP contribution in [0.25, 0.3) is 10.2 Å². The Morgan fingerprint density at radius 3 is 2.56 bits per heavy atom. The molecule has 0 radical (unpaired) electrons. The number of halogens is 3. The topological polar surface area (TPSA) is 42.4 Å². The SMILES string of the molecule is O=C(c1cc(Cl)cc(Cl)c1)N1CCC(Oc2nc3c(F)cccc3s2)CC1. The number of aromatic nitrogens is 1. The van der Waals surface area contributed by atoms with E-state index in [1.54, 1.807) is 29.2 Å². The van der Waals surface area contributed by atoms with Crippen LogP contribution in [0.5, 0.6) is 5.19 Å². The first-order valence-electron chi connectivity index (χ1n) is 8.46. The maximum atomic E-state index is 13.8. The van der Waals surface area contributed by atoms with Gasteiger partial charge in [0.05, 0.1) is 4.70 Å². The fraction of sp³-hybridized carbons (Fsp3) is 0.263. The molecular weight excluding hydrogens is 410 g/mol. The number of amides is 1. The van der Waals surface area contributed by atoms with Crippen LogP contribution in [-0.4, -0.2) is 35.0 Å². The summed E-state index contributed by atoms with van der Waals surface area (Å²) in [5, 5.41) is 1.33. The van der Waals surface area contributed by atoms with E-state index in [2.05, 4.69) is 4.98 Å². The van der Waals surface area contributed by atoms with Crippen LogP contribution in [0, 0.1) is 5.82 Å². The number of carbonyl (C=O) groups excluding carboxylic acids is 1. The predicted octanol–water partition coefficient (Wildman–Crippen LogP) is 5.43. The van der Waals surface area contributed by atoms with Gasteiger partial charge in [-0.25, -0.2) is 4.39 Å². The average Bonchev–Trinajstić information content (AvgIpc) is 3.05. The maximum absolute atomic E-state index is 13.8. The van der Waals surface area contributed by atoms with Crippen molar-refractivity contribution in [1.29, 1.82) is 0 Å². The van der Waals surface area contributed by atoms with Crippen molar-refractivity contribution in [3.05, 3.63) is 57.8 Å². The molecule has 2 aromatic carbocycles. The molecule has 2 heterocycles. The first kappa shape index (κ1) is 18.5. The molecule has 0 spiro atoms. The Morgan fingerprint density at radius 2 is 1.89 bits per heavy atom. The zero-order chi connectivity index (χ0) is 19.0. The first-order chi connectivity index (χ1) is 13.0. The number of likely N-dealkylation sites (tertiary alicyclic amines) is 1. The van der Waals surface area contributed by atoms with E-state index in [-0.39, 0.29) is 17.8 Å². The van der Waals surface area contributed by atoms with Crippen LogP contribution in [-0.2, 0) is 0 Å². The quantitative estimate of drug-likeness (QED) is 0.563. The summed E-state index contributed by atoms with van der Waals surface area (Å²) < 4.78 is 20.4. The molecule has 0 saturated carbocycles. The lowest BCUT2D eigenvalue weighted by Gasteiger charge is -2.31. The van der Waals surface area contributed by atoms with E-state index in [0.717, 1.165) is 4.70 Å². The summed E-state index contributed by atoms with van der Waals surface area (Å²) in [6, 6.07) is 9.70. The van der Waals surface area contributed by atoms with Crippen LogP contribution in [0.15, 0.2) is 36.4 Å². The summed E-state index contributed by atoms with van der Waals surface area (Å²) in [6.07, 6.45) is 1.30. The third kappa shape index (κ3) is 4.03. The highest BCUT2D eigenvalue weighted by Gasteiger charge is 2.26. The van der Waals surface area contributed by atoms with Gasteiger partial charge in [-0.2, -0.15) is 4.98 Å². The van der Waals surface area contributed by atoms with Gasteiger partial charge in [-0.15, -0.1) is 0 Å². The van der Waals surface area contributed by atoms with Gasteiger partial charge in [0.25, 0.3) is 11.1 Å². The van der Waals surface area contributed by atoms with Crippen molar-refractivity contribution < 1.29 is 13.9 Å². The van der Waals surface area contributed by atoms with Crippen LogP contribution in [0.2, 0.25) is 10.0 Å². The Morgan fingerprint density at radius 1 is 1.19 bits per heavy atom. The summed E-state index contributed by atoms with van der Waals surface area (Å²) >= 11 is 13.3. The zero-order valence-corrected chi connectivity index (χ0v) is 16.5. The highest BCUT2D eigenvalue weighted by molar-refractivity contribution is 7.20. The second-order valence-electron chi connectivity index (χ2n) is 6.33. The molecule has 27 heavy (non-hydrogen) atoms. The summed E-state index contributed by atoms with van der Waals surface area (Å²) in [5.41, 5.74) is 0.816. The van der Waals surface area contributed by atoms with E-state index in [0.29, 0.717) is 52.3 Å². The molecular formula is C19H15Cl2FN2O2S. The van der Waals surface area contributed by atoms with Crippen LogP contribution < -0.4 is 4.74 Å². The number of nitrogens with zero attached hydrogens (tertiary/aromatic N) is 2. The van der Waals surface area contributed by atoms with Gasteiger partial charge in [0, 0.05) is 41.5 Å². The van der Waals surface area contributed by atoms with Gasteiger partial charge in [0.1, 0.15) is 17.4 Å². The van der Waals surface area contributed by atoms with Gasteiger partial charge < -0.3 is 9.64 Å². The van der Waals surface area contributed by atoms with Crippen molar-refractivity contribution >= 4 is 50.7 Å². The van der Waals surface area contributed by atoms with E-state index in [1.165, 1.54) is 17.4 Å².